The van der Waals surface area contributed by atoms with Gasteiger partial charge in [-0.1, -0.05) is 6.08 Å². The number of methoxy groups -OCH3 is 3. The van der Waals surface area contributed by atoms with Gasteiger partial charge in [0.25, 0.3) is 11.3 Å². The summed E-state index contributed by atoms with van der Waals surface area (Å²) in [4.78, 5) is 25.8. The third-order valence-corrected chi connectivity index (χ3v) is 5.23. The van der Waals surface area contributed by atoms with Crippen molar-refractivity contribution >= 4 is 22.9 Å². The fourth-order valence-electron chi connectivity index (χ4n) is 3.38. The van der Waals surface area contributed by atoms with E-state index in [0.717, 1.165) is 11.1 Å². The van der Waals surface area contributed by atoms with Gasteiger partial charge in [0.1, 0.15) is 5.52 Å². The van der Waals surface area contributed by atoms with Crippen molar-refractivity contribution < 1.29 is 23.4 Å². The van der Waals surface area contributed by atoms with Crippen molar-refractivity contribution in [3.8, 4) is 17.2 Å². The lowest BCUT2D eigenvalue weighted by Crippen LogP contribution is -2.30. The van der Waals surface area contributed by atoms with E-state index in [-0.39, 0.29) is 22.4 Å². The zero-order chi connectivity index (χ0) is 22.9. The number of hydrogen-bond acceptors (Lipinski definition) is 6. The first-order chi connectivity index (χ1) is 14.7. The van der Waals surface area contributed by atoms with Gasteiger partial charge in [-0.15, -0.1) is 0 Å². The lowest BCUT2D eigenvalue weighted by atomic mass is 10.1. The number of carbonyl (C=O) groups is 1. The monoisotopic (exact) mass is 424 g/mol. The highest BCUT2D eigenvalue weighted by Crippen LogP contribution is 2.38. The molecule has 0 amide bonds. The van der Waals surface area contributed by atoms with Crippen molar-refractivity contribution in [2.45, 2.75) is 20.8 Å². The normalized spacial score (nSPS) is 11.2. The maximum absolute atomic E-state index is 13.0. The zero-order valence-corrected chi connectivity index (χ0v) is 18.3. The fourth-order valence-corrected chi connectivity index (χ4v) is 3.38. The molecular weight excluding hydrogens is 400 g/mol. The minimum absolute atomic E-state index is 0.0327. The predicted octanol–water partition coefficient (Wildman–Crippen LogP) is 3.75. The van der Waals surface area contributed by atoms with Crippen LogP contribution in [-0.2, 0) is 0 Å². The third-order valence-electron chi connectivity index (χ3n) is 5.23. The van der Waals surface area contributed by atoms with Crippen LogP contribution in [0, 0.1) is 30.9 Å². The van der Waals surface area contributed by atoms with E-state index in [2.05, 4.69) is 0 Å². The molecule has 0 unspecified atom stereocenters. The van der Waals surface area contributed by atoms with E-state index >= 15 is 0 Å². The Labute approximate surface area is 179 Å². The summed E-state index contributed by atoms with van der Waals surface area (Å²) in [5.41, 5.74) is 2.51. The number of ether oxygens (including phenoxy) is 3. The molecule has 0 N–H and O–H groups in total. The van der Waals surface area contributed by atoms with Gasteiger partial charge in [-0.2, -0.15) is 0 Å². The second kappa shape index (κ2) is 8.51. The molecule has 1 heterocycles. The standard InChI is InChI=1S/C23H24N2O6/c1-13-9-17-18(10-14(13)2)25(28)22(15(3)24(17)27)19(26)8-7-16-11-20(29-4)23(31-6)21(12-16)30-5/h7-12H,1-6H3/b8-7+. The summed E-state index contributed by atoms with van der Waals surface area (Å²) in [6, 6.07) is 6.61. The molecule has 0 bridgehead atoms. The first-order valence-corrected chi connectivity index (χ1v) is 9.52. The number of hydrogen-bond donors (Lipinski definition) is 0. The molecular formula is C23H24N2O6. The van der Waals surface area contributed by atoms with Crippen LogP contribution in [0.5, 0.6) is 17.2 Å². The highest BCUT2D eigenvalue weighted by atomic mass is 16.5. The van der Waals surface area contributed by atoms with Gasteiger partial charge in [0, 0.05) is 11.0 Å². The van der Waals surface area contributed by atoms with Crippen LogP contribution in [0.3, 0.4) is 0 Å². The first kappa shape index (κ1) is 21.9. The summed E-state index contributed by atoms with van der Waals surface area (Å²) in [6.07, 6.45) is 2.76. The number of rotatable bonds is 6. The Balaban J connectivity index is 2.10. The van der Waals surface area contributed by atoms with E-state index in [0.29, 0.717) is 32.0 Å². The Bertz CT molecular complexity index is 1250. The third kappa shape index (κ3) is 3.84. The van der Waals surface area contributed by atoms with Crippen molar-refractivity contribution in [1.82, 2.24) is 4.73 Å². The van der Waals surface area contributed by atoms with E-state index in [4.69, 9.17) is 14.2 Å². The van der Waals surface area contributed by atoms with E-state index in [1.807, 2.05) is 13.8 Å². The van der Waals surface area contributed by atoms with Crippen LogP contribution < -0.4 is 18.6 Å². The van der Waals surface area contributed by atoms with Crippen molar-refractivity contribution in [3.05, 3.63) is 68.5 Å². The topological polar surface area (TPSA) is 95.7 Å². The average molecular weight is 424 g/mol. The maximum Gasteiger partial charge on any atom is 0.329 e. The summed E-state index contributed by atoms with van der Waals surface area (Å²) in [7, 11) is 4.48. The van der Waals surface area contributed by atoms with E-state index in [1.165, 1.54) is 40.4 Å². The Morgan fingerprint density at radius 1 is 0.968 bits per heavy atom. The molecule has 0 aliphatic carbocycles. The van der Waals surface area contributed by atoms with E-state index in [9.17, 15) is 14.9 Å². The van der Waals surface area contributed by atoms with Gasteiger partial charge in [-0.3, -0.25) is 4.79 Å². The summed E-state index contributed by atoms with van der Waals surface area (Å²) < 4.78 is 17.1. The SMILES string of the molecule is COc1cc(/C=C/C(=O)c2c(C)n([O-])c3cc(C)c(C)cc3[n+]2=O)cc(OC)c1OC. The number of allylic oxidation sites excluding steroid dienone is 1. The van der Waals surface area contributed by atoms with E-state index in [1.54, 1.807) is 24.3 Å². The van der Waals surface area contributed by atoms with Crippen LogP contribution in [0.1, 0.15) is 32.9 Å². The summed E-state index contributed by atoms with van der Waals surface area (Å²) in [5.74, 6) is 0.691. The number of aromatic nitrogens is 2. The van der Waals surface area contributed by atoms with Gasteiger partial charge in [0.05, 0.1) is 31.5 Å². The van der Waals surface area contributed by atoms with Crippen molar-refractivity contribution in [3.63, 3.8) is 0 Å². The lowest BCUT2D eigenvalue weighted by molar-refractivity contribution is -0.468. The molecule has 0 radical (unpaired) electrons. The van der Waals surface area contributed by atoms with Gasteiger partial charge < -0.3 is 24.1 Å². The van der Waals surface area contributed by atoms with Crippen molar-refractivity contribution in [2.24, 2.45) is 0 Å². The van der Waals surface area contributed by atoms with Crippen LogP contribution in [-0.4, -0.2) is 31.8 Å². The highest BCUT2D eigenvalue weighted by molar-refractivity contribution is 6.05. The number of aryl methyl sites for hydroxylation is 2. The molecule has 3 aromatic rings. The largest absolute Gasteiger partial charge is 0.805 e. The molecule has 0 spiro atoms. The lowest BCUT2D eigenvalue weighted by Gasteiger charge is -2.16. The number of carbonyl (C=O) groups excluding carboxylic acids is 1. The molecule has 31 heavy (non-hydrogen) atoms. The molecule has 2 aromatic carbocycles. The smallest absolute Gasteiger partial charge is 0.329 e. The second-order valence-corrected chi connectivity index (χ2v) is 7.10. The van der Waals surface area contributed by atoms with Crippen LogP contribution in [0.25, 0.3) is 17.1 Å². The van der Waals surface area contributed by atoms with Crippen molar-refractivity contribution in [1.29, 1.82) is 0 Å². The summed E-state index contributed by atoms with van der Waals surface area (Å²) in [5, 5.41) is 12.7. The molecule has 8 nitrogen and oxygen atoms in total. The van der Waals surface area contributed by atoms with Gasteiger partial charge in [0.15, 0.2) is 11.5 Å². The molecule has 0 atom stereocenters. The van der Waals surface area contributed by atoms with Crippen LogP contribution in [0.2, 0.25) is 0 Å². The fraction of sp³-hybridized carbons (Fsp3) is 0.261. The summed E-state index contributed by atoms with van der Waals surface area (Å²) in [6.45, 7) is 5.16. The molecule has 0 aliphatic heterocycles. The Hall–Kier alpha value is -3.81. The van der Waals surface area contributed by atoms with Crippen molar-refractivity contribution in [2.75, 3.05) is 21.3 Å². The molecule has 0 aliphatic rings. The number of ketones is 1. The van der Waals surface area contributed by atoms with Crippen LogP contribution >= 0.6 is 0 Å². The number of nitrogens with zero attached hydrogens (tertiary/aromatic N) is 2. The predicted molar refractivity (Wildman–Crippen MR) is 118 cm³/mol. The number of benzene rings is 2. The second-order valence-electron chi connectivity index (χ2n) is 7.10. The molecule has 1 aromatic heterocycles. The Morgan fingerprint density at radius 2 is 1.55 bits per heavy atom. The van der Waals surface area contributed by atoms with Gasteiger partial charge >= 0.3 is 5.69 Å². The van der Waals surface area contributed by atoms with E-state index < -0.39 is 5.78 Å². The number of fused-ring (bicyclic) bond motifs is 1. The Kier molecular flexibility index (Phi) is 6.01. The van der Waals surface area contributed by atoms with Gasteiger partial charge in [0.2, 0.25) is 5.75 Å². The molecule has 0 saturated carbocycles. The Morgan fingerprint density at radius 3 is 2.10 bits per heavy atom. The molecule has 3 rings (SSSR count). The first-order valence-electron chi connectivity index (χ1n) is 9.52. The molecule has 0 fully saturated rings. The quantitative estimate of drug-likeness (QED) is 0.340. The minimum atomic E-state index is -0.592. The minimum Gasteiger partial charge on any atom is -0.805 e. The highest BCUT2D eigenvalue weighted by Gasteiger charge is 2.25. The van der Waals surface area contributed by atoms with Gasteiger partial charge in [-0.05, 0) is 61.7 Å². The molecule has 162 valence electrons. The van der Waals surface area contributed by atoms with Gasteiger partial charge in [-0.25, -0.2) is 0 Å². The van der Waals surface area contributed by atoms with Crippen LogP contribution in [0.15, 0.2) is 30.3 Å². The molecule has 8 heteroatoms. The molecule has 0 saturated heterocycles. The van der Waals surface area contributed by atoms with Crippen LogP contribution in [0.4, 0.5) is 0 Å². The maximum atomic E-state index is 13.0. The summed E-state index contributed by atoms with van der Waals surface area (Å²) >= 11 is 0. The average Bonchev–Trinajstić information content (AvgIpc) is 2.76. The zero-order valence-electron chi connectivity index (χ0n) is 18.3.